The molecule has 0 heterocycles. The van der Waals surface area contributed by atoms with Gasteiger partial charge in [0.2, 0.25) is 0 Å². The van der Waals surface area contributed by atoms with Gasteiger partial charge in [-0.15, -0.1) is 0 Å². The highest BCUT2D eigenvalue weighted by Gasteiger charge is 2.38. The first-order valence-corrected chi connectivity index (χ1v) is 8.34. The van der Waals surface area contributed by atoms with Gasteiger partial charge < -0.3 is 10.2 Å². The molecule has 118 valence electrons. The van der Waals surface area contributed by atoms with E-state index in [0.29, 0.717) is 11.5 Å². The summed E-state index contributed by atoms with van der Waals surface area (Å²) in [7, 11) is 4.39. The first kappa shape index (κ1) is 16.5. The molecule has 1 aliphatic carbocycles. The Morgan fingerprint density at radius 1 is 1.24 bits per heavy atom. The SMILES string of the molecule is CNC1C(CN(C)Cc2ccc(C)cc2)CCCC1(C)C. The highest BCUT2D eigenvalue weighted by Crippen LogP contribution is 2.39. The number of hydrogen-bond acceptors (Lipinski definition) is 2. The van der Waals surface area contributed by atoms with E-state index >= 15 is 0 Å². The zero-order valence-electron chi connectivity index (χ0n) is 14.4. The van der Waals surface area contributed by atoms with Crippen molar-refractivity contribution in [3.8, 4) is 0 Å². The molecule has 2 atom stereocenters. The highest BCUT2D eigenvalue weighted by atomic mass is 15.1. The van der Waals surface area contributed by atoms with Gasteiger partial charge in [-0.3, -0.25) is 0 Å². The molecule has 2 nitrogen and oxygen atoms in total. The normalized spacial score (nSPS) is 25.2. The van der Waals surface area contributed by atoms with E-state index < -0.39 is 0 Å². The molecular weight excluding hydrogens is 256 g/mol. The molecule has 0 spiro atoms. The van der Waals surface area contributed by atoms with Gasteiger partial charge in [0.25, 0.3) is 0 Å². The molecule has 1 saturated carbocycles. The second-order valence-electron chi connectivity index (χ2n) is 7.59. The van der Waals surface area contributed by atoms with Gasteiger partial charge in [0.15, 0.2) is 0 Å². The fraction of sp³-hybridized carbons (Fsp3) is 0.684. The van der Waals surface area contributed by atoms with Crippen LogP contribution in [-0.4, -0.2) is 31.6 Å². The zero-order chi connectivity index (χ0) is 15.5. The van der Waals surface area contributed by atoms with Crippen LogP contribution >= 0.6 is 0 Å². The Morgan fingerprint density at radius 2 is 1.90 bits per heavy atom. The van der Waals surface area contributed by atoms with Crippen LogP contribution in [0.2, 0.25) is 0 Å². The number of nitrogens with zero attached hydrogens (tertiary/aromatic N) is 1. The molecule has 2 rings (SSSR count). The summed E-state index contributed by atoms with van der Waals surface area (Å²) in [5.41, 5.74) is 3.17. The largest absolute Gasteiger partial charge is 0.316 e. The maximum Gasteiger partial charge on any atom is 0.0230 e. The van der Waals surface area contributed by atoms with Crippen molar-refractivity contribution in [2.45, 2.75) is 52.6 Å². The molecule has 0 amide bonds. The van der Waals surface area contributed by atoms with E-state index in [0.717, 1.165) is 12.5 Å². The Bertz CT molecular complexity index is 435. The molecule has 21 heavy (non-hydrogen) atoms. The molecule has 0 bridgehead atoms. The lowest BCUT2D eigenvalue weighted by Gasteiger charge is -2.45. The van der Waals surface area contributed by atoms with E-state index in [1.165, 1.54) is 36.9 Å². The van der Waals surface area contributed by atoms with Crippen LogP contribution in [0.5, 0.6) is 0 Å². The van der Waals surface area contributed by atoms with Crippen molar-refractivity contribution in [2.75, 3.05) is 20.6 Å². The molecule has 1 aromatic carbocycles. The van der Waals surface area contributed by atoms with E-state index in [1.54, 1.807) is 0 Å². The molecular formula is C19H32N2. The molecule has 0 aromatic heterocycles. The molecule has 1 aliphatic rings. The van der Waals surface area contributed by atoms with Gasteiger partial charge >= 0.3 is 0 Å². The quantitative estimate of drug-likeness (QED) is 0.885. The minimum absolute atomic E-state index is 0.419. The summed E-state index contributed by atoms with van der Waals surface area (Å²) in [6.45, 7) is 9.21. The lowest BCUT2D eigenvalue weighted by atomic mass is 9.68. The summed E-state index contributed by atoms with van der Waals surface area (Å²) in [6.07, 6.45) is 4.07. The van der Waals surface area contributed by atoms with Crippen LogP contribution < -0.4 is 5.32 Å². The maximum atomic E-state index is 3.59. The Labute approximate surface area is 130 Å². The van der Waals surface area contributed by atoms with Crippen LogP contribution in [0, 0.1) is 18.3 Å². The topological polar surface area (TPSA) is 15.3 Å². The second kappa shape index (κ2) is 6.93. The molecule has 1 N–H and O–H groups in total. The van der Waals surface area contributed by atoms with Gasteiger partial charge in [-0.25, -0.2) is 0 Å². The summed E-state index contributed by atoms with van der Waals surface area (Å²) in [5, 5.41) is 3.59. The summed E-state index contributed by atoms with van der Waals surface area (Å²) >= 11 is 0. The van der Waals surface area contributed by atoms with Crippen molar-refractivity contribution in [1.29, 1.82) is 0 Å². The third kappa shape index (κ3) is 4.31. The number of benzene rings is 1. The van der Waals surface area contributed by atoms with Crippen molar-refractivity contribution in [3.63, 3.8) is 0 Å². The highest BCUT2D eigenvalue weighted by molar-refractivity contribution is 5.21. The molecule has 0 aliphatic heterocycles. The molecule has 0 saturated heterocycles. The Kier molecular flexibility index (Phi) is 5.45. The average molecular weight is 288 g/mol. The van der Waals surface area contributed by atoms with Crippen molar-refractivity contribution < 1.29 is 0 Å². The maximum absolute atomic E-state index is 3.59. The summed E-state index contributed by atoms with van der Waals surface area (Å²) in [5.74, 6) is 0.759. The van der Waals surface area contributed by atoms with Gasteiger partial charge in [0, 0.05) is 19.1 Å². The van der Waals surface area contributed by atoms with E-state index in [2.05, 4.69) is 69.3 Å². The lowest BCUT2D eigenvalue weighted by Crippen LogP contribution is -2.51. The molecule has 2 unspecified atom stereocenters. The van der Waals surface area contributed by atoms with E-state index in [4.69, 9.17) is 0 Å². The van der Waals surface area contributed by atoms with Crippen LogP contribution in [-0.2, 0) is 6.54 Å². The van der Waals surface area contributed by atoms with E-state index in [-0.39, 0.29) is 0 Å². The van der Waals surface area contributed by atoms with Gasteiger partial charge in [0.05, 0.1) is 0 Å². The number of hydrogen-bond donors (Lipinski definition) is 1. The minimum atomic E-state index is 0.419. The van der Waals surface area contributed by atoms with Gasteiger partial charge in [-0.05, 0) is 50.8 Å². The fourth-order valence-electron chi connectivity index (χ4n) is 4.07. The minimum Gasteiger partial charge on any atom is -0.316 e. The van der Waals surface area contributed by atoms with Crippen LogP contribution in [0.1, 0.15) is 44.2 Å². The van der Waals surface area contributed by atoms with Crippen LogP contribution in [0.15, 0.2) is 24.3 Å². The predicted molar refractivity (Wildman–Crippen MR) is 91.5 cm³/mol. The summed E-state index contributed by atoms with van der Waals surface area (Å²) < 4.78 is 0. The molecule has 0 radical (unpaired) electrons. The zero-order valence-corrected chi connectivity index (χ0v) is 14.4. The Balaban J connectivity index is 1.94. The average Bonchev–Trinajstić information content (AvgIpc) is 2.40. The number of nitrogens with one attached hydrogen (secondary N) is 1. The van der Waals surface area contributed by atoms with Crippen LogP contribution in [0.4, 0.5) is 0 Å². The lowest BCUT2D eigenvalue weighted by molar-refractivity contribution is 0.0888. The first-order valence-electron chi connectivity index (χ1n) is 8.34. The third-order valence-electron chi connectivity index (χ3n) is 5.14. The molecule has 2 heteroatoms. The van der Waals surface area contributed by atoms with Crippen LogP contribution in [0.3, 0.4) is 0 Å². The monoisotopic (exact) mass is 288 g/mol. The number of rotatable bonds is 5. The fourth-order valence-corrected chi connectivity index (χ4v) is 4.07. The van der Waals surface area contributed by atoms with Crippen molar-refractivity contribution in [3.05, 3.63) is 35.4 Å². The Morgan fingerprint density at radius 3 is 2.52 bits per heavy atom. The first-order chi connectivity index (χ1) is 9.92. The predicted octanol–water partition coefficient (Wildman–Crippen LogP) is 3.84. The molecule has 1 aromatic rings. The molecule has 1 fully saturated rings. The third-order valence-corrected chi connectivity index (χ3v) is 5.14. The van der Waals surface area contributed by atoms with Gasteiger partial charge in [0.1, 0.15) is 0 Å². The van der Waals surface area contributed by atoms with Crippen LogP contribution in [0.25, 0.3) is 0 Å². The van der Waals surface area contributed by atoms with Gasteiger partial charge in [-0.1, -0.05) is 50.1 Å². The number of aryl methyl sites for hydroxylation is 1. The standard InChI is InChI=1S/C19H32N2/c1-15-8-10-16(11-9-15)13-21(5)14-17-7-6-12-19(2,3)18(17)20-4/h8-11,17-18,20H,6-7,12-14H2,1-5H3. The van der Waals surface area contributed by atoms with E-state index in [1.807, 2.05) is 0 Å². The summed E-state index contributed by atoms with van der Waals surface area (Å²) in [4.78, 5) is 2.49. The van der Waals surface area contributed by atoms with Crippen molar-refractivity contribution in [2.24, 2.45) is 11.3 Å². The van der Waals surface area contributed by atoms with Crippen molar-refractivity contribution >= 4 is 0 Å². The van der Waals surface area contributed by atoms with Gasteiger partial charge in [-0.2, -0.15) is 0 Å². The smallest absolute Gasteiger partial charge is 0.0230 e. The van der Waals surface area contributed by atoms with E-state index in [9.17, 15) is 0 Å². The Hall–Kier alpha value is -0.860. The van der Waals surface area contributed by atoms with Crippen molar-refractivity contribution in [1.82, 2.24) is 10.2 Å². The summed E-state index contributed by atoms with van der Waals surface area (Å²) in [6, 6.07) is 9.57. The second-order valence-corrected chi connectivity index (χ2v) is 7.59.